The molecule has 18 heavy (non-hydrogen) atoms. The van der Waals surface area contributed by atoms with Gasteiger partial charge in [0.15, 0.2) is 0 Å². The zero-order valence-electron chi connectivity index (χ0n) is 9.55. The summed E-state index contributed by atoms with van der Waals surface area (Å²) in [6, 6.07) is 0. The van der Waals surface area contributed by atoms with Crippen LogP contribution in [0.3, 0.4) is 0 Å². The lowest BCUT2D eigenvalue weighted by Gasteiger charge is -2.08. The molecule has 0 bridgehead atoms. The molecule has 2 rings (SSSR count). The van der Waals surface area contributed by atoms with Crippen molar-refractivity contribution >= 4 is 29.1 Å². The maximum Gasteiger partial charge on any atom is 0.313 e. The number of carboxylic acid groups (broad SMARTS) is 1. The molecule has 0 spiro atoms. The van der Waals surface area contributed by atoms with Gasteiger partial charge in [-0.3, -0.25) is 4.79 Å². The molecular weight excluding hydrogens is 274 g/mol. The van der Waals surface area contributed by atoms with Crippen LogP contribution in [0.25, 0.3) is 0 Å². The lowest BCUT2D eigenvalue weighted by atomic mass is 10.2. The summed E-state index contributed by atoms with van der Waals surface area (Å²) in [5.74, 6) is -0.744. The second-order valence-electron chi connectivity index (χ2n) is 3.60. The van der Waals surface area contributed by atoms with Gasteiger partial charge in [-0.25, -0.2) is 9.67 Å². The smallest absolute Gasteiger partial charge is 0.313 e. The minimum Gasteiger partial charge on any atom is -0.481 e. The molecule has 0 fully saturated rings. The van der Waals surface area contributed by atoms with Gasteiger partial charge in [-0.2, -0.15) is 0 Å². The molecule has 0 saturated heterocycles. The molecule has 0 aliphatic heterocycles. The van der Waals surface area contributed by atoms with Crippen molar-refractivity contribution in [2.24, 2.45) is 0 Å². The zero-order chi connectivity index (χ0) is 13.0. The van der Waals surface area contributed by atoms with Crippen molar-refractivity contribution in [2.75, 3.05) is 5.75 Å². The van der Waals surface area contributed by atoms with Crippen LogP contribution in [-0.2, 0) is 11.3 Å². The molecule has 0 radical (unpaired) electrons. The molecule has 1 unspecified atom stereocenters. The first-order valence-corrected chi connectivity index (χ1v) is 7.03. The van der Waals surface area contributed by atoms with E-state index in [0.717, 1.165) is 16.8 Å². The molecule has 0 saturated carbocycles. The summed E-state index contributed by atoms with van der Waals surface area (Å²) in [6.45, 7) is 2.62. The molecule has 0 aliphatic rings. The van der Waals surface area contributed by atoms with E-state index in [1.54, 1.807) is 22.2 Å². The van der Waals surface area contributed by atoms with Crippen LogP contribution in [0.1, 0.15) is 17.8 Å². The third kappa shape index (κ3) is 3.26. The molecule has 9 heteroatoms. The SMILES string of the molecule is CC(Cn1nnnc1SCC(=O)O)c1nccs1. The fourth-order valence-electron chi connectivity index (χ4n) is 1.36. The predicted molar refractivity (Wildman–Crippen MR) is 66.7 cm³/mol. The molecule has 0 aliphatic carbocycles. The van der Waals surface area contributed by atoms with Gasteiger partial charge in [-0.05, 0) is 10.4 Å². The highest BCUT2D eigenvalue weighted by molar-refractivity contribution is 7.99. The first-order chi connectivity index (χ1) is 8.66. The molecule has 2 aromatic rings. The normalized spacial score (nSPS) is 12.5. The fraction of sp³-hybridized carbons (Fsp3) is 0.444. The first-order valence-electron chi connectivity index (χ1n) is 5.17. The van der Waals surface area contributed by atoms with Gasteiger partial charge in [0.05, 0.1) is 17.3 Å². The van der Waals surface area contributed by atoms with Crippen molar-refractivity contribution in [3.05, 3.63) is 16.6 Å². The number of carboxylic acids is 1. The van der Waals surface area contributed by atoms with E-state index in [0.29, 0.717) is 11.7 Å². The number of rotatable bonds is 6. The van der Waals surface area contributed by atoms with E-state index in [9.17, 15) is 4.79 Å². The third-order valence-electron chi connectivity index (χ3n) is 2.14. The van der Waals surface area contributed by atoms with Crippen molar-refractivity contribution in [3.8, 4) is 0 Å². The van der Waals surface area contributed by atoms with Crippen LogP contribution < -0.4 is 0 Å². The molecule has 1 atom stereocenters. The second-order valence-corrected chi connectivity index (χ2v) is 5.47. The van der Waals surface area contributed by atoms with E-state index >= 15 is 0 Å². The Morgan fingerprint density at radius 1 is 1.67 bits per heavy atom. The summed E-state index contributed by atoms with van der Waals surface area (Å²) < 4.78 is 1.61. The van der Waals surface area contributed by atoms with E-state index in [2.05, 4.69) is 20.5 Å². The van der Waals surface area contributed by atoms with Crippen LogP contribution in [-0.4, -0.2) is 42.0 Å². The van der Waals surface area contributed by atoms with Gasteiger partial charge in [0.25, 0.3) is 0 Å². The standard InChI is InChI=1S/C9H11N5O2S2/c1-6(8-10-2-3-17-8)4-14-9(11-12-13-14)18-5-7(15)16/h2-3,6H,4-5H2,1H3,(H,15,16). The van der Waals surface area contributed by atoms with E-state index in [-0.39, 0.29) is 11.7 Å². The predicted octanol–water partition coefficient (Wildman–Crippen LogP) is 1.11. The maximum atomic E-state index is 10.5. The number of thioether (sulfide) groups is 1. The molecule has 0 amide bonds. The average molecular weight is 285 g/mol. The van der Waals surface area contributed by atoms with Crippen molar-refractivity contribution in [2.45, 2.75) is 24.5 Å². The van der Waals surface area contributed by atoms with Crippen LogP contribution >= 0.6 is 23.1 Å². The largest absolute Gasteiger partial charge is 0.481 e. The van der Waals surface area contributed by atoms with Crippen LogP contribution in [0.4, 0.5) is 0 Å². The number of aromatic nitrogens is 5. The van der Waals surface area contributed by atoms with Gasteiger partial charge in [0, 0.05) is 17.5 Å². The van der Waals surface area contributed by atoms with Gasteiger partial charge in [0.1, 0.15) is 0 Å². The van der Waals surface area contributed by atoms with Gasteiger partial charge in [-0.15, -0.1) is 16.4 Å². The highest BCUT2D eigenvalue weighted by atomic mass is 32.2. The summed E-state index contributed by atoms with van der Waals surface area (Å²) in [5.41, 5.74) is 0. The minimum absolute atomic E-state index is 0.0496. The lowest BCUT2D eigenvalue weighted by molar-refractivity contribution is -0.133. The van der Waals surface area contributed by atoms with Crippen molar-refractivity contribution in [3.63, 3.8) is 0 Å². The van der Waals surface area contributed by atoms with Gasteiger partial charge in [-0.1, -0.05) is 18.7 Å². The Bertz CT molecular complexity index is 513. The zero-order valence-corrected chi connectivity index (χ0v) is 11.2. The topological polar surface area (TPSA) is 93.8 Å². The Kier molecular flexibility index (Phi) is 4.26. The Morgan fingerprint density at radius 2 is 2.50 bits per heavy atom. The third-order valence-corrected chi connectivity index (χ3v) is 4.09. The van der Waals surface area contributed by atoms with Gasteiger partial charge >= 0.3 is 5.97 Å². The Balaban J connectivity index is 2.01. The monoisotopic (exact) mass is 285 g/mol. The Labute approximate surface area is 111 Å². The summed E-state index contributed by atoms with van der Waals surface area (Å²) >= 11 is 2.69. The Morgan fingerprint density at radius 3 is 3.17 bits per heavy atom. The summed E-state index contributed by atoms with van der Waals surface area (Å²) in [7, 11) is 0. The molecular formula is C9H11N5O2S2. The maximum absolute atomic E-state index is 10.5. The van der Waals surface area contributed by atoms with E-state index < -0.39 is 5.97 Å². The molecule has 96 valence electrons. The second kappa shape index (κ2) is 5.91. The highest BCUT2D eigenvalue weighted by Crippen LogP contribution is 2.21. The number of hydrogen-bond acceptors (Lipinski definition) is 7. The molecule has 1 N–H and O–H groups in total. The molecule has 2 aromatic heterocycles. The number of hydrogen-bond donors (Lipinski definition) is 1. The molecule has 0 aromatic carbocycles. The summed E-state index contributed by atoms with van der Waals surface area (Å²) in [6.07, 6.45) is 1.76. The summed E-state index contributed by atoms with van der Waals surface area (Å²) in [5, 5.41) is 23.3. The number of carbonyl (C=O) groups is 1. The van der Waals surface area contributed by atoms with Gasteiger partial charge in [0.2, 0.25) is 5.16 Å². The van der Waals surface area contributed by atoms with Crippen molar-refractivity contribution in [1.82, 2.24) is 25.2 Å². The van der Waals surface area contributed by atoms with Crippen LogP contribution in [0.15, 0.2) is 16.7 Å². The lowest BCUT2D eigenvalue weighted by Crippen LogP contribution is -2.10. The van der Waals surface area contributed by atoms with E-state index in [1.165, 1.54) is 0 Å². The van der Waals surface area contributed by atoms with Crippen LogP contribution in [0.2, 0.25) is 0 Å². The molecule has 2 heterocycles. The number of thiazole rings is 1. The van der Waals surface area contributed by atoms with Crippen molar-refractivity contribution in [1.29, 1.82) is 0 Å². The minimum atomic E-state index is -0.887. The van der Waals surface area contributed by atoms with E-state index in [4.69, 9.17) is 5.11 Å². The number of aliphatic carboxylic acids is 1. The first kappa shape index (κ1) is 13.0. The van der Waals surface area contributed by atoms with Crippen LogP contribution in [0.5, 0.6) is 0 Å². The van der Waals surface area contributed by atoms with Gasteiger partial charge < -0.3 is 5.11 Å². The fourth-order valence-corrected chi connectivity index (χ4v) is 2.65. The summed E-state index contributed by atoms with van der Waals surface area (Å²) in [4.78, 5) is 14.7. The van der Waals surface area contributed by atoms with Crippen LogP contribution in [0, 0.1) is 0 Å². The number of nitrogens with zero attached hydrogens (tertiary/aromatic N) is 5. The van der Waals surface area contributed by atoms with Crippen molar-refractivity contribution < 1.29 is 9.90 Å². The number of tetrazole rings is 1. The molecule has 7 nitrogen and oxygen atoms in total. The highest BCUT2D eigenvalue weighted by Gasteiger charge is 2.14. The Hall–Kier alpha value is -1.48. The quantitative estimate of drug-likeness (QED) is 0.794. The van der Waals surface area contributed by atoms with E-state index in [1.807, 2.05) is 12.3 Å². The average Bonchev–Trinajstić information content (AvgIpc) is 2.97.